The molecular weight excluding hydrogens is 428 g/mol. The van der Waals surface area contributed by atoms with E-state index in [0.29, 0.717) is 29.3 Å². The van der Waals surface area contributed by atoms with Gasteiger partial charge in [-0.2, -0.15) is 0 Å². The standard InChI is InChI=1S/C28H40N2O2S/c1-18(2)22-11-23(19(3)4)13-24(12-22)27-14-26(28(31)29-25-16-33(32)17-25)20(5)30(27)15-21-9-7-6-8-10-21/h11-14,18-19,21,25H,6-10,15-17H2,1-5H3,(H,29,31). The third-order valence-electron chi connectivity index (χ3n) is 7.49. The summed E-state index contributed by atoms with van der Waals surface area (Å²) in [6.07, 6.45) is 6.52. The van der Waals surface area contributed by atoms with E-state index in [4.69, 9.17) is 0 Å². The number of hydrogen-bond donors (Lipinski definition) is 1. The number of rotatable bonds is 7. The molecule has 180 valence electrons. The topological polar surface area (TPSA) is 51.1 Å². The van der Waals surface area contributed by atoms with Gasteiger partial charge in [-0.25, -0.2) is 0 Å². The zero-order valence-corrected chi connectivity index (χ0v) is 21.8. The smallest absolute Gasteiger partial charge is 0.253 e. The summed E-state index contributed by atoms with van der Waals surface area (Å²) in [6, 6.07) is 9.12. The van der Waals surface area contributed by atoms with E-state index in [-0.39, 0.29) is 11.9 Å². The molecule has 1 aromatic heterocycles. The van der Waals surface area contributed by atoms with Crippen LogP contribution in [-0.2, 0) is 17.3 Å². The highest BCUT2D eigenvalue weighted by atomic mass is 32.2. The molecule has 33 heavy (non-hydrogen) atoms. The summed E-state index contributed by atoms with van der Waals surface area (Å²) >= 11 is 0. The monoisotopic (exact) mass is 468 g/mol. The van der Waals surface area contributed by atoms with E-state index in [1.807, 2.05) is 0 Å². The lowest BCUT2D eigenvalue weighted by Crippen LogP contribution is -2.50. The number of amides is 1. The van der Waals surface area contributed by atoms with Gasteiger partial charge in [0.25, 0.3) is 5.91 Å². The zero-order chi connectivity index (χ0) is 23.7. The van der Waals surface area contributed by atoms with Crippen molar-refractivity contribution in [3.63, 3.8) is 0 Å². The Labute approximate surface area is 202 Å². The summed E-state index contributed by atoms with van der Waals surface area (Å²) in [5.41, 5.74) is 6.89. The summed E-state index contributed by atoms with van der Waals surface area (Å²) < 4.78 is 13.9. The predicted octanol–water partition coefficient (Wildman–Crippen LogP) is 6.15. The molecule has 4 nitrogen and oxygen atoms in total. The summed E-state index contributed by atoms with van der Waals surface area (Å²) in [7, 11) is -0.769. The minimum Gasteiger partial charge on any atom is -0.347 e. The van der Waals surface area contributed by atoms with Gasteiger partial charge in [-0.05, 0) is 72.4 Å². The second-order valence-corrected chi connectivity index (χ2v) is 12.3. The molecule has 0 spiro atoms. The Morgan fingerprint density at radius 1 is 1.00 bits per heavy atom. The lowest BCUT2D eigenvalue weighted by molar-refractivity contribution is 0.0941. The Balaban J connectivity index is 1.75. The average Bonchev–Trinajstić information content (AvgIpc) is 3.09. The molecule has 1 N–H and O–H groups in total. The molecule has 1 saturated heterocycles. The van der Waals surface area contributed by atoms with Crippen molar-refractivity contribution in [2.24, 2.45) is 5.92 Å². The van der Waals surface area contributed by atoms with Gasteiger partial charge < -0.3 is 9.88 Å². The van der Waals surface area contributed by atoms with Crippen LogP contribution < -0.4 is 5.32 Å². The minimum atomic E-state index is -0.769. The third-order valence-corrected chi connectivity index (χ3v) is 9.04. The van der Waals surface area contributed by atoms with Crippen LogP contribution in [0.3, 0.4) is 0 Å². The van der Waals surface area contributed by atoms with E-state index >= 15 is 0 Å². The normalized spacial score (nSPS) is 21.4. The molecule has 1 amide bonds. The maximum absolute atomic E-state index is 13.2. The van der Waals surface area contributed by atoms with Crippen molar-refractivity contribution >= 4 is 16.7 Å². The fourth-order valence-corrected chi connectivity index (χ4v) is 6.18. The SMILES string of the molecule is Cc1c(C(=O)NC2CS(=O)C2)cc(-c2cc(C(C)C)cc(C(C)C)c2)n1CC1CCCCC1. The summed E-state index contributed by atoms with van der Waals surface area (Å²) in [5, 5.41) is 3.11. The number of carbonyl (C=O) groups is 1. The van der Waals surface area contributed by atoms with Crippen molar-refractivity contribution in [3.8, 4) is 11.3 Å². The largest absolute Gasteiger partial charge is 0.347 e. The molecular formula is C28H40N2O2S. The van der Waals surface area contributed by atoms with Crippen molar-refractivity contribution in [1.29, 1.82) is 0 Å². The number of nitrogens with zero attached hydrogens (tertiary/aromatic N) is 1. The second-order valence-electron chi connectivity index (χ2n) is 10.8. The van der Waals surface area contributed by atoms with Gasteiger partial charge in [-0.3, -0.25) is 9.00 Å². The highest BCUT2D eigenvalue weighted by Crippen LogP contribution is 2.34. The van der Waals surface area contributed by atoms with Gasteiger partial charge in [0, 0.05) is 40.2 Å². The Morgan fingerprint density at radius 3 is 2.15 bits per heavy atom. The molecule has 4 rings (SSSR count). The number of benzene rings is 1. The first-order chi connectivity index (χ1) is 15.7. The molecule has 1 saturated carbocycles. The van der Waals surface area contributed by atoms with Crippen LogP contribution in [0.2, 0.25) is 0 Å². The highest BCUT2D eigenvalue weighted by Gasteiger charge is 2.29. The molecule has 1 aliphatic heterocycles. The van der Waals surface area contributed by atoms with E-state index in [1.165, 1.54) is 48.8 Å². The molecule has 2 aromatic rings. The molecule has 1 aromatic carbocycles. The van der Waals surface area contributed by atoms with Gasteiger partial charge in [-0.1, -0.05) is 53.0 Å². The molecule has 2 aliphatic rings. The predicted molar refractivity (Wildman–Crippen MR) is 138 cm³/mol. The fourth-order valence-electron chi connectivity index (χ4n) is 5.21. The first-order valence-corrected chi connectivity index (χ1v) is 14.2. The number of aromatic nitrogens is 1. The molecule has 2 heterocycles. The van der Waals surface area contributed by atoms with Gasteiger partial charge in [0.1, 0.15) is 0 Å². The lowest BCUT2D eigenvalue weighted by Gasteiger charge is -2.26. The van der Waals surface area contributed by atoms with Gasteiger partial charge >= 0.3 is 0 Å². The number of nitrogens with one attached hydrogen (secondary N) is 1. The molecule has 5 heteroatoms. The van der Waals surface area contributed by atoms with Crippen molar-refractivity contribution in [1.82, 2.24) is 9.88 Å². The van der Waals surface area contributed by atoms with Crippen LogP contribution in [0.4, 0.5) is 0 Å². The van der Waals surface area contributed by atoms with Crippen molar-refractivity contribution in [2.45, 2.75) is 91.1 Å². The van der Waals surface area contributed by atoms with Crippen LogP contribution in [0.1, 0.15) is 98.8 Å². The van der Waals surface area contributed by atoms with E-state index < -0.39 is 10.8 Å². The van der Waals surface area contributed by atoms with E-state index in [1.54, 1.807) is 0 Å². The van der Waals surface area contributed by atoms with Gasteiger partial charge in [0.15, 0.2) is 0 Å². The summed E-state index contributed by atoms with van der Waals surface area (Å²) in [5.74, 6) is 2.71. The Kier molecular flexibility index (Phi) is 7.47. The van der Waals surface area contributed by atoms with E-state index in [2.05, 4.69) is 68.8 Å². The molecule has 0 bridgehead atoms. The average molecular weight is 469 g/mol. The quantitative estimate of drug-likeness (QED) is 0.530. The van der Waals surface area contributed by atoms with Crippen LogP contribution >= 0.6 is 0 Å². The lowest BCUT2D eigenvalue weighted by atomic mass is 9.89. The third kappa shape index (κ3) is 5.45. The van der Waals surface area contributed by atoms with Crippen LogP contribution in [0, 0.1) is 12.8 Å². The van der Waals surface area contributed by atoms with Crippen LogP contribution in [0.5, 0.6) is 0 Å². The van der Waals surface area contributed by atoms with E-state index in [0.717, 1.165) is 23.5 Å². The maximum Gasteiger partial charge on any atom is 0.253 e. The molecule has 2 fully saturated rings. The molecule has 0 unspecified atom stereocenters. The van der Waals surface area contributed by atoms with Gasteiger partial charge in [0.2, 0.25) is 0 Å². The zero-order valence-electron chi connectivity index (χ0n) is 20.9. The molecule has 1 aliphatic carbocycles. The van der Waals surface area contributed by atoms with Gasteiger partial charge in [-0.15, -0.1) is 0 Å². The molecule has 0 atom stereocenters. The first-order valence-electron chi connectivity index (χ1n) is 12.7. The minimum absolute atomic E-state index is 0.0260. The van der Waals surface area contributed by atoms with Crippen LogP contribution in [0.25, 0.3) is 11.3 Å². The van der Waals surface area contributed by atoms with Crippen molar-refractivity contribution in [3.05, 3.63) is 46.6 Å². The number of carbonyl (C=O) groups excluding carboxylic acids is 1. The van der Waals surface area contributed by atoms with E-state index in [9.17, 15) is 9.00 Å². The molecule has 0 radical (unpaired) electrons. The van der Waals surface area contributed by atoms with Crippen molar-refractivity contribution in [2.75, 3.05) is 11.5 Å². The summed E-state index contributed by atoms with van der Waals surface area (Å²) in [6.45, 7) is 12.1. The van der Waals surface area contributed by atoms with Crippen LogP contribution in [0.15, 0.2) is 24.3 Å². The maximum atomic E-state index is 13.2. The van der Waals surface area contributed by atoms with Crippen LogP contribution in [-0.4, -0.2) is 32.2 Å². The number of hydrogen-bond acceptors (Lipinski definition) is 2. The van der Waals surface area contributed by atoms with Crippen molar-refractivity contribution < 1.29 is 9.00 Å². The highest BCUT2D eigenvalue weighted by molar-refractivity contribution is 7.86. The van der Waals surface area contributed by atoms with Gasteiger partial charge in [0.05, 0.1) is 11.6 Å². The second kappa shape index (κ2) is 10.2. The Hall–Kier alpha value is -1.88. The Bertz CT molecular complexity index is 997. The fraction of sp³-hybridized carbons (Fsp3) is 0.607. The Morgan fingerprint density at radius 2 is 1.61 bits per heavy atom. The first kappa shape index (κ1) is 24.3. The summed E-state index contributed by atoms with van der Waals surface area (Å²) in [4.78, 5) is 13.2.